The van der Waals surface area contributed by atoms with Crippen molar-refractivity contribution in [3.05, 3.63) is 65.2 Å². The summed E-state index contributed by atoms with van der Waals surface area (Å²) in [5.41, 5.74) is 46.8. The normalized spacial score (nSPS) is 22.9. The fourth-order valence-electron chi connectivity index (χ4n) is 11.4. The number of aliphatic carboxylic acids is 1. The second-order valence-corrected chi connectivity index (χ2v) is 27.2. The monoisotopic (exact) mass is 1520 g/mol. The number of amides is 13. The van der Waals surface area contributed by atoms with Crippen molar-refractivity contribution >= 4 is 112 Å². The average Bonchev–Trinajstić information content (AvgIpc) is 1.76. The van der Waals surface area contributed by atoms with Gasteiger partial charge in [-0.15, -0.1) is 11.8 Å². The zero-order valence-corrected chi connectivity index (χ0v) is 61.2. The first-order valence-electron chi connectivity index (χ1n) is 35.1. The molecule has 0 saturated carbocycles. The number of nitrogens with two attached hydrogens (primary N) is 8. The molecule has 4 rings (SSSR count). The number of hydrogen-bond acceptors (Lipinski definition) is 20. The van der Waals surface area contributed by atoms with Crippen LogP contribution in [0.25, 0.3) is 0 Å². The molecule has 0 aromatic heterocycles. The maximum atomic E-state index is 15.2. The van der Waals surface area contributed by atoms with Crippen LogP contribution in [0, 0.1) is 12.8 Å². The number of hydrogen-bond donors (Lipinski definition) is 21. The van der Waals surface area contributed by atoms with E-state index in [0.717, 1.165) is 17.3 Å². The Morgan fingerprint density at radius 2 is 1.01 bits per heavy atom. The van der Waals surface area contributed by atoms with Gasteiger partial charge < -0.3 is 119 Å². The third kappa shape index (κ3) is 33.3. The molecule has 107 heavy (non-hydrogen) atoms. The number of nitrogens with zero attached hydrogens (tertiary/aromatic N) is 4. The number of nitrogens with one attached hydrogen (secondary N) is 11. The number of guanidine groups is 3. The van der Waals surface area contributed by atoms with Gasteiger partial charge in [-0.2, -0.15) is 0 Å². The number of phenols is 1. The van der Waals surface area contributed by atoms with Crippen molar-refractivity contribution in [2.45, 2.75) is 178 Å². The number of primary amides is 1. The number of fused-ring (bicyclic) bond motifs is 1. The number of carboxylic acids is 1. The predicted octanol–water partition coefficient (Wildman–Crippen LogP) is -6.88. The summed E-state index contributed by atoms with van der Waals surface area (Å²) in [5, 5.41) is 48.1. The molecule has 0 radical (unpaired) electrons. The molecule has 2 aromatic carbocycles. The van der Waals surface area contributed by atoms with Crippen molar-refractivity contribution in [3.8, 4) is 5.75 Å². The van der Waals surface area contributed by atoms with Crippen LogP contribution in [-0.4, -0.2) is 233 Å². The van der Waals surface area contributed by atoms with Crippen LogP contribution < -0.4 is 104 Å². The Bertz CT molecular complexity index is 3500. The first-order chi connectivity index (χ1) is 50.7. The van der Waals surface area contributed by atoms with Gasteiger partial charge in [-0.25, -0.2) is 0 Å². The molecule has 29 N–H and O–H groups in total. The van der Waals surface area contributed by atoms with Crippen LogP contribution >= 0.6 is 11.8 Å². The third-order valence-electron chi connectivity index (χ3n) is 16.7. The number of benzene rings is 2. The minimum Gasteiger partial charge on any atom is -0.508 e. The lowest BCUT2D eigenvalue weighted by molar-refractivity contribution is -0.143. The Morgan fingerprint density at radius 1 is 0.533 bits per heavy atom. The second-order valence-electron chi connectivity index (χ2n) is 26.2. The molecule has 0 unspecified atom stereocenters. The Hall–Kier alpha value is -11.1. The van der Waals surface area contributed by atoms with Crippen LogP contribution in [0.15, 0.2) is 63.5 Å². The van der Waals surface area contributed by atoms with Gasteiger partial charge in [-0.3, -0.25) is 82.1 Å². The summed E-state index contributed by atoms with van der Waals surface area (Å²) in [6, 6.07) is -2.36. The summed E-state index contributed by atoms with van der Waals surface area (Å²) in [6.07, 6.45) is -1.19. The first kappa shape index (κ1) is 88.3. The molecule has 39 nitrogen and oxygen atoms in total. The number of rotatable bonds is 25. The molecule has 2 saturated heterocycles. The van der Waals surface area contributed by atoms with Gasteiger partial charge in [0.2, 0.25) is 76.8 Å². The molecule has 0 spiro atoms. The van der Waals surface area contributed by atoms with Gasteiger partial charge >= 0.3 is 5.97 Å². The van der Waals surface area contributed by atoms with Gasteiger partial charge in [-0.1, -0.05) is 55.8 Å². The molecule has 2 aliphatic rings. The largest absolute Gasteiger partial charge is 0.508 e. The van der Waals surface area contributed by atoms with Crippen molar-refractivity contribution in [3.63, 3.8) is 0 Å². The van der Waals surface area contributed by atoms with E-state index in [-0.39, 0.29) is 151 Å². The van der Waals surface area contributed by atoms with Crippen LogP contribution in [0.4, 0.5) is 0 Å². The highest BCUT2D eigenvalue weighted by atomic mass is 32.2. The summed E-state index contributed by atoms with van der Waals surface area (Å²) in [5.74, 6) is -15.8. The summed E-state index contributed by atoms with van der Waals surface area (Å²) in [7, 11) is 0. The van der Waals surface area contributed by atoms with E-state index in [2.05, 4.69) is 73.5 Å². The van der Waals surface area contributed by atoms with Gasteiger partial charge in [0, 0.05) is 44.8 Å². The van der Waals surface area contributed by atoms with E-state index in [0.29, 0.717) is 17.5 Å². The van der Waals surface area contributed by atoms with E-state index in [1.807, 2.05) is 0 Å². The molecule has 40 heteroatoms. The Labute approximate surface area is 623 Å². The van der Waals surface area contributed by atoms with Crippen molar-refractivity contribution in [1.82, 2.24) is 63.4 Å². The second kappa shape index (κ2) is 46.0. The quantitative estimate of drug-likeness (QED) is 0.0250. The topological polar surface area (TPSA) is 660 Å². The maximum absolute atomic E-state index is 15.2. The van der Waals surface area contributed by atoms with Crippen LogP contribution in [-0.2, 0) is 80.0 Å². The van der Waals surface area contributed by atoms with E-state index in [1.165, 1.54) is 29.2 Å². The van der Waals surface area contributed by atoms with E-state index in [1.54, 1.807) is 45.0 Å². The molecule has 0 aliphatic carbocycles. The van der Waals surface area contributed by atoms with Crippen LogP contribution in [0.5, 0.6) is 5.75 Å². The number of unbranched alkanes of at least 4 members (excludes halogenated alkanes) is 1. The zero-order chi connectivity index (χ0) is 79.3. The Kier molecular flexibility index (Phi) is 38.0. The minimum absolute atomic E-state index is 0.0137. The molecular weight excluding hydrogens is 1410 g/mol. The first-order valence-corrected chi connectivity index (χ1v) is 36.2. The number of carbonyl (C=O) groups is 14. The van der Waals surface area contributed by atoms with E-state index in [9.17, 15) is 63.0 Å². The lowest BCUT2D eigenvalue weighted by Gasteiger charge is -2.31. The average molecular weight is 1520 g/mol. The SMILES string of the molecule is Cc1cccc(C[C@@H]2NC(=O)[C@H](CCCN=C(N)N)NC(=O)[C@H](CC(C)C)NC(=O)[C@H](Cc3ccc(O)cc3)NC(=O)CSC[C@@H](C(N)=O)NC(=O)CNC(=O)CNC(=O)[C@H](CCCN=C(N)N)NC(=O)[C@H](CC(=O)O)NC(=O)[C@H](CCCCN)NC(=O)[C@@H]3CCCN3C(=O)[C@H](CCCN=C(N)N)NC2=O)c1. The highest BCUT2D eigenvalue weighted by Gasteiger charge is 2.41. The number of phenolic OH excluding ortho intramolecular Hbond substituents is 1. The van der Waals surface area contributed by atoms with Gasteiger partial charge in [-0.05, 0) is 120 Å². The Morgan fingerprint density at radius 3 is 1.56 bits per heavy atom. The number of carboxylic acid groups (broad SMARTS) is 1. The van der Waals surface area contributed by atoms with E-state index < -0.39 is 168 Å². The fourth-order valence-corrected chi connectivity index (χ4v) is 12.3. The highest BCUT2D eigenvalue weighted by Crippen LogP contribution is 2.22. The van der Waals surface area contributed by atoms with Gasteiger partial charge in [0.1, 0.15) is 66.2 Å². The van der Waals surface area contributed by atoms with Gasteiger partial charge in [0.25, 0.3) is 0 Å². The minimum atomic E-state index is -1.92. The van der Waals surface area contributed by atoms with Crippen LogP contribution in [0.2, 0.25) is 0 Å². The number of aliphatic imine (C=N–C) groups is 3. The Balaban J connectivity index is 1.87. The molecule has 2 aliphatic heterocycles. The summed E-state index contributed by atoms with van der Waals surface area (Å²) in [6.45, 7) is 3.69. The lowest BCUT2D eigenvalue weighted by Crippen LogP contribution is -2.61. The highest BCUT2D eigenvalue weighted by molar-refractivity contribution is 8.00. The molecule has 10 atom stereocenters. The predicted molar refractivity (Wildman–Crippen MR) is 396 cm³/mol. The molecule has 2 fully saturated rings. The number of aromatic hydroxyl groups is 1. The smallest absolute Gasteiger partial charge is 0.305 e. The molecule has 2 aromatic rings. The summed E-state index contributed by atoms with van der Waals surface area (Å²) >= 11 is 0.811. The van der Waals surface area contributed by atoms with Crippen molar-refractivity contribution in [1.29, 1.82) is 0 Å². The summed E-state index contributed by atoms with van der Waals surface area (Å²) < 4.78 is 0. The molecule has 0 bridgehead atoms. The van der Waals surface area contributed by atoms with E-state index in [4.69, 9.17) is 45.9 Å². The standard InChI is InChI=1S/C67H105N23O16S/c1-36(2)27-45-59(101)84-43(15-8-24-77-66(72)73)58(100)88-47(30-39-12-6-11-37(3)28-39)61(103)86-44(16-9-25-78-67(74)75)64(106)90-26-10-17-50(90)63(105)85-42(13-4-5-22-68)57(99)89-48(31-54(95)96)62(104)83-41(14-7-23-76-65(70)71)56(98)80-32-51(92)79-33-52(93)82-49(55(69)97)34-107-35-53(94)81-46(60(102)87-45)29-38-18-20-40(91)21-19-38/h6,11-12,18-21,28,36,41-50,91H,4-5,7-10,13-17,22-27,29-35,68H2,1-3H3,(H2,69,97)(H,79,92)(H,80,98)(H,81,94)(H,82,93)(H,83,104)(H,84,101)(H,85,105)(H,86,103)(H,87,102)(H,88,100)(H,89,99)(H,95,96)(H4,70,71,76)(H4,72,73,77)(H4,74,75,78)/t41-,42-,43-,44-,45-,46-,47-,48-,49-,50-/m0/s1. The van der Waals surface area contributed by atoms with Gasteiger partial charge in [0.05, 0.1) is 25.3 Å². The van der Waals surface area contributed by atoms with Crippen molar-refractivity contribution < 1.29 is 77.3 Å². The number of carbonyl (C=O) groups excluding carboxylic acids is 13. The number of thioether (sulfide) groups is 1. The van der Waals surface area contributed by atoms with Crippen molar-refractivity contribution in [2.75, 3.05) is 57.3 Å². The summed E-state index contributed by atoms with van der Waals surface area (Å²) in [4.78, 5) is 210. The number of aryl methyl sites for hydroxylation is 1. The van der Waals surface area contributed by atoms with E-state index >= 15 is 14.4 Å². The molecule has 13 amide bonds. The maximum Gasteiger partial charge on any atom is 0.305 e. The lowest BCUT2D eigenvalue weighted by atomic mass is 9.99. The fraction of sp³-hybridized carbons (Fsp3) is 0.567. The molecule has 2 heterocycles. The third-order valence-corrected chi connectivity index (χ3v) is 17.8. The van der Waals surface area contributed by atoms with Gasteiger partial charge in [0.15, 0.2) is 17.9 Å². The van der Waals surface area contributed by atoms with Crippen LogP contribution in [0.1, 0.15) is 114 Å². The molecular formula is C67H105N23O16S. The molecule has 590 valence electrons. The van der Waals surface area contributed by atoms with Crippen molar-refractivity contribution in [2.24, 2.45) is 66.8 Å². The van der Waals surface area contributed by atoms with Crippen LogP contribution in [0.3, 0.4) is 0 Å². The zero-order valence-electron chi connectivity index (χ0n) is 60.4.